The monoisotopic (exact) mass is 275 g/mol. The van der Waals surface area contributed by atoms with E-state index >= 15 is 0 Å². The molecule has 0 aliphatic carbocycles. The summed E-state index contributed by atoms with van der Waals surface area (Å²) in [5, 5.41) is 17.5. The Balaban J connectivity index is 2.91. The molecule has 0 amide bonds. The second-order valence-electron chi connectivity index (χ2n) is 3.70. The first-order valence-electron chi connectivity index (χ1n) is 5.40. The Morgan fingerprint density at radius 1 is 1.67 bits per heavy atom. The number of nitrogens with two attached hydrogens (primary N) is 1. The Bertz CT molecular complexity index is 522. The number of aromatic nitrogens is 2. The highest BCUT2D eigenvalue weighted by molar-refractivity contribution is 7.89. The average molecular weight is 275 g/mol. The topological polar surface area (TPSA) is 125 Å². The lowest BCUT2D eigenvalue weighted by Gasteiger charge is -2.19. The standard InChI is InChI=1S/C9H17N5O3S/c1-3-14(5-4-9(10)13-15)18(16,17)8-6-11-12-7(8)2/h6,15H,3-5H2,1-2H3,(H2,10,13)(H,11,12). The summed E-state index contributed by atoms with van der Waals surface area (Å²) in [4.78, 5) is 0.142. The normalized spacial score (nSPS) is 13.2. The zero-order chi connectivity index (χ0) is 13.8. The molecule has 0 saturated heterocycles. The number of hydrogen-bond donors (Lipinski definition) is 3. The van der Waals surface area contributed by atoms with Crippen molar-refractivity contribution in [3.63, 3.8) is 0 Å². The average Bonchev–Trinajstić information content (AvgIpc) is 2.76. The lowest BCUT2D eigenvalue weighted by atomic mass is 10.4. The van der Waals surface area contributed by atoms with Gasteiger partial charge in [0.25, 0.3) is 0 Å². The number of H-pyrrole nitrogens is 1. The van der Waals surface area contributed by atoms with Gasteiger partial charge in [0.05, 0.1) is 11.9 Å². The molecule has 0 radical (unpaired) electrons. The van der Waals surface area contributed by atoms with Crippen LogP contribution in [0.4, 0.5) is 0 Å². The summed E-state index contributed by atoms with van der Waals surface area (Å²) in [6.07, 6.45) is 1.44. The molecule has 4 N–H and O–H groups in total. The molecule has 0 unspecified atom stereocenters. The molecule has 0 spiro atoms. The van der Waals surface area contributed by atoms with Gasteiger partial charge in [0.15, 0.2) is 0 Å². The predicted molar refractivity (Wildman–Crippen MR) is 65.8 cm³/mol. The smallest absolute Gasteiger partial charge is 0.246 e. The van der Waals surface area contributed by atoms with Gasteiger partial charge in [-0.1, -0.05) is 12.1 Å². The molecule has 0 aliphatic rings. The summed E-state index contributed by atoms with van der Waals surface area (Å²) in [5.74, 6) is -0.00688. The van der Waals surface area contributed by atoms with E-state index in [-0.39, 0.29) is 23.7 Å². The lowest BCUT2D eigenvalue weighted by Crippen LogP contribution is -2.34. The zero-order valence-electron chi connectivity index (χ0n) is 10.3. The van der Waals surface area contributed by atoms with Crippen LogP contribution in [0.15, 0.2) is 16.2 Å². The van der Waals surface area contributed by atoms with Gasteiger partial charge in [-0.3, -0.25) is 5.10 Å². The second-order valence-corrected chi connectivity index (χ2v) is 5.60. The van der Waals surface area contributed by atoms with Gasteiger partial charge >= 0.3 is 0 Å². The van der Waals surface area contributed by atoms with Crippen molar-refractivity contribution in [1.29, 1.82) is 0 Å². The van der Waals surface area contributed by atoms with Crippen molar-refractivity contribution in [1.82, 2.24) is 14.5 Å². The van der Waals surface area contributed by atoms with E-state index in [1.165, 1.54) is 10.5 Å². The third kappa shape index (κ3) is 2.99. The van der Waals surface area contributed by atoms with E-state index in [2.05, 4.69) is 15.4 Å². The molecule has 0 saturated carbocycles. The van der Waals surface area contributed by atoms with Gasteiger partial charge in [-0.05, 0) is 6.92 Å². The largest absolute Gasteiger partial charge is 0.409 e. The van der Waals surface area contributed by atoms with E-state index in [9.17, 15) is 8.42 Å². The molecule has 1 heterocycles. The second kappa shape index (κ2) is 5.83. The van der Waals surface area contributed by atoms with Crippen LogP contribution in [0.3, 0.4) is 0 Å². The molecular formula is C9H17N5O3S. The van der Waals surface area contributed by atoms with Crippen LogP contribution in [0.2, 0.25) is 0 Å². The lowest BCUT2D eigenvalue weighted by molar-refractivity contribution is 0.315. The molecule has 0 atom stereocenters. The number of sulfonamides is 1. The molecule has 1 aromatic heterocycles. The Hall–Kier alpha value is -1.61. The zero-order valence-corrected chi connectivity index (χ0v) is 11.1. The molecular weight excluding hydrogens is 258 g/mol. The van der Waals surface area contributed by atoms with E-state index in [1.54, 1.807) is 13.8 Å². The quantitative estimate of drug-likeness (QED) is 0.288. The third-order valence-electron chi connectivity index (χ3n) is 2.50. The first-order chi connectivity index (χ1) is 8.43. The molecule has 9 heteroatoms. The van der Waals surface area contributed by atoms with Crippen molar-refractivity contribution < 1.29 is 13.6 Å². The maximum atomic E-state index is 12.3. The minimum atomic E-state index is -3.59. The molecule has 1 aromatic rings. The first-order valence-corrected chi connectivity index (χ1v) is 6.84. The fourth-order valence-electron chi connectivity index (χ4n) is 1.48. The van der Waals surface area contributed by atoms with Gasteiger partial charge in [-0.15, -0.1) is 0 Å². The highest BCUT2D eigenvalue weighted by Gasteiger charge is 2.25. The molecule has 1 rings (SSSR count). The number of hydrogen-bond acceptors (Lipinski definition) is 5. The molecule has 102 valence electrons. The SMILES string of the molecule is CCN(CC/C(N)=N/O)S(=O)(=O)c1cn[nH]c1C. The van der Waals surface area contributed by atoms with Crippen LogP contribution >= 0.6 is 0 Å². The Morgan fingerprint density at radius 2 is 2.33 bits per heavy atom. The van der Waals surface area contributed by atoms with E-state index in [0.717, 1.165) is 0 Å². The summed E-state index contributed by atoms with van der Waals surface area (Å²) in [6, 6.07) is 0. The van der Waals surface area contributed by atoms with Crippen molar-refractivity contribution in [2.45, 2.75) is 25.2 Å². The van der Waals surface area contributed by atoms with Crippen LogP contribution in [-0.2, 0) is 10.0 Å². The van der Waals surface area contributed by atoms with Gasteiger partial charge in [-0.2, -0.15) is 9.40 Å². The Labute approximate surface area is 106 Å². The van der Waals surface area contributed by atoms with Crippen molar-refractivity contribution >= 4 is 15.9 Å². The van der Waals surface area contributed by atoms with Crippen molar-refractivity contribution in [2.24, 2.45) is 10.9 Å². The molecule has 0 bridgehead atoms. The van der Waals surface area contributed by atoms with E-state index in [0.29, 0.717) is 12.2 Å². The van der Waals surface area contributed by atoms with Crippen molar-refractivity contribution in [2.75, 3.05) is 13.1 Å². The Morgan fingerprint density at radius 3 is 2.78 bits per heavy atom. The molecule has 0 fully saturated rings. The summed E-state index contributed by atoms with van der Waals surface area (Å²) in [6.45, 7) is 3.81. The highest BCUT2D eigenvalue weighted by Crippen LogP contribution is 2.17. The summed E-state index contributed by atoms with van der Waals surface area (Å²) in [7, 11) is -3.59. The highest BCUT2D eigenvalue weighted by atomic mass is 32.2. The molecule has 0 aliphatic heterocycles. The van der Waals surface area contributed by atoms with Crippen LogP contribution in [0.1, 0.15) is 19.0 Å². The summed E-state index contributed by atoms with van der Waals surface area (Å²) >= 11 is 0. The van der Waals surface area contributed by atoms with Gasteiger partial charge in [0, 0.05) is 19.5 Å². The first kappa shape index (κ1) is 14.5. The number of rotatable bonds is 6. The van der Waals surface area contributed by atoms with Crippen LogP contribution in [0.25, 0.3) is 0 Å². The van der Waals surface area contributed by atoms with E-state index < -0.39 is 10.0 Å². The fourth-order valence-corrected chi connectivity index (χ4v) is 3.04. The summed E-state index contributed by atoms with van der Waals surface area (Å²) in [5.41, 5.74) is 5.81. The molecule has 8 nitrogen and oxygen atoms in total. The number of aromatic amines is 1. The van der Waals surface area contributed by atoms with Gasteiger partial charge in [0.2, 0.25) is 10.0 Å². The predicted octanol–water partition coefficient (Wildman–Crippen LogP) is -0.135. The number of nitrogens with one attached hydrogen (secondary N) is 1. The Kier molecular flexibility index (Phi) is 4.68. The van der Waals surface area contributed by atoms with E-state index in [1.807, 2.05) is 0 Å². The number of nitrogens with zero attached hydrogens (tertiary/aromatic N) is 3. The molecule has 18 heavy (non-hydrogen) atoms. The van der Waals surface area contributed by atoms with Crippen molar-refractivity contribution in [3.8, 4) is 0 Å². The van der Waals surface area contributed by atoms with Crippen LogP contribution in [0, 0.1) is 6.92 Å². The van der Waals surface area contributed by atoms with Crippen LogP contribution in [-0.4, -0.2) is 47.1 Å². The summed E-state index contributed by atoms with van der Waals surface area (Å²) < 4.78 is 25.8. The van der Waals surface area contributed by atoms with Gasteiger partial charge in [0.1, 0.15) is 10.7 Å². The van der Waals surface area contributed by atoms with Gasteiger partial charge in [-0.25, -0.2) is 8.42 Å². The maximum Gasteiger partial charge on any atom is 0.246 e. The third-order valence-corrected chi connectivity index (χ3v) is 4.59. The number of aryl methyl sites for hydroxylation is 1. The maximum absolute atomic E-state index is 12.3. The van der Waals surface area contributed by atoms with Crippen LogP contribution in [0.5, 0.6) is 0 Å². The van der Waals surface area contributed by atoms with Gasteiger partial charge < -0.3 is 10.9 Å². The number of oxime groups is 1. The van der Waals surface area contributed by atoms with E-state index in [4.69, 9.17) is 10.9 Å². The minimum absolute atomic E-state index is 0.00688. The number of amidine groups is 1. The fraction of sp³-hybridized carbons (Fsp3) is 0.556. The van der Waals surface area contributed by atoms with Crippen LogP contribution < -0.4 is 5.73 Å². The minimum Gasteiger partial charge on any atom is -0.409 e. The van der Waals surface area contributed by atoms with Crippen molar-refractivity contribution in [3.05, 3.63) is 11.9 Å². The molecule has 0 aromatic carbocycles.